The van der Waals surface area contributed by atoms with Gasteiger partial charge in [0.25, 0.3) is 5.91 Å². The van der Waals surface area contributed by atoms with Crippen LogP contribution in [0, 0.1) is 19.8 Å². The lowest BCUT2D eigenvalue weighted by Crippen LogP contribution is -2.46. The van der Waals surface area contributed by atoms with E-state index in [-0.39, 0.29) is 11.8 Å². The van der Waals surface area contributed by atoms with E-state index in [2.05, 4.69) is 10.6 Å². The predicted molar refractivity (Wildman–Crippen MR) is 125 cm³/mol. The number of hydrogen-bond donors (Lipinski definition) is 2. The van der Waals surface area contributed by atoms with Gasteiger partial charge in [0.1, 0.15) is 6.04 Å². The van der Waals surface area contributed by atoms with Crippen molar-refractivity contribution in [2.45, 2.75) is 40.7 Å². The highest BCUT2D eigenvalue weighted by molar-refractivity contribution is 7.92. The molecule has 0 bridgehead atoms. The van der Waals surface area contributed by atoms with Gasteiger partial charge in [0.05, 0.1) is 23.2 Å². The first-order chi connectivity index (χ1) is 14.4. The van der Waals surface area contributed by atoms with Gasteiger partial charge < -0.3 is 10.6 Å². The van der Waals surface area contributed by atoms with Crippen LogP contribution in [0.2, 0.25) is 0 Å². The number of amides is 2. The third kappa shape index (κ3) is 6.30. The van der Waals surface area contributed by atoms with Crippen molar-refractivity contribution in [1.29, 1.82) is 0 Å². The Morgan fingerprint density at radius 2 is 1.68 bits per heavy atom. The predicted octanol–water partition coefficient (Wildman–Crippen LogP) is 3.48. The Balaban J connectivity index is 2.34. The molecule has 0 aliphatic heterocycles. The molecule has 0 spiro atoms. The van der Waals surface area contributed by atoms with Gasteiger partial charge in [0.2, 0.25) is 15.9 Å². The zero-order valence-electron chi connectivity index (χ0n) is 18.9. The summed E-state index contributed by atoms with van der Waals surface area (Å²) in [5.41, 5.74) is 2.72. The van der Waals surface area contributed by atoms with Crippen LogP contribution in [-0.4, -0.2) is 39.1 Å². The second-order valence-corrected chi connectivity index (χ2v) is 10.0. The normalized spacial score (nSPS) is 12.4. The number of rotatable bonds is 8. The third-order valence-corrected chi connectivity index (χ3v) is 6.02. The maximum absolute atomic E-state index is 13.1. The second-order valence-electron chi connectivity index (χ2n) is 8.16. The first kappa shape index (κ1) is 24.4. The number of para-hydroxylation sites is 1. The van der Waals surface area contributed by atoms with Gasteiger partial charge >= 0.3 is 0 Å². The molecule has 7 nitrogen and oxygen atoms in total. The molecule has 8 heteroatoms. The van der Waals surface area contributed by atoms with Gasteiger partial charge in [-0.15, -0.1) is 0 Å². The van der Waals surface area contributed by atoms with Crippen LogP contribution in [0.15, 0.2) is 42.5 Å². The van der Waals surface area contributed by atoms with E-state index in [0.29, 0.717) is 23.5 Å². The molecule has 1 atom stereocenters. The topological polar surface area (TPSA) is 95.6 Å². The minimum absolute atomic E-state index is 0.284. The largest absolute Gasteiger partial charge is 0.352 e. The first-order valence-electron chi connectivity index (χ1n) is 10.2. The minimum atomic E-state index is -3.75. The average molecular weight is 446 g/mol. The highest BCUT2D eigenvalue weighted by Gasteiger charge is 2.30. The van der Waals surface area contributed by atoms with Crippen molar-refractivity contribution in [2.24, 2.45) is 5.92 Å². The highest BCUT2D eigenvalue weighted by atomic mass is 32.2. The van der Waals surface area contributed by atoms with Crippen molar-refractivity contribution in [2.75, 3.05) is 22.4 Å². The molecule has 0 aliphatic rings. The van der Waals surface area contributed by atoms with E-state index in [0.717, 1.165) is 21.7 Å². The molecule has 168 valence electrons. The fourth-order valence-electron chi connectivity index (χ4n) is 3.16. The van der Waals surface area contributed by atoms with E-state index in [1.54, 1.807) is 37.3 Å². The zero-order chi connectivity index (χ0) is 23.3. The number of aryl methyl sites for hydroxylation is 2. The van der Waals surface area contributed by atoms with Gasteiger partial charge in [-0.25, -0.2) is 8.42 Å². The van der Waals surface area contributed by atoms with E-state index in [4.69, 9.17) is 0 Å². The molecule has 2 aromatic rings. The molecule has 2 rings (SSSR count). The number of anilines is 2. The molecule has 0 saturated carbocycles. The van der Waals surface area contributed by atoms with Crippen molar-refractivity contribution in [1.82, 2.24) is 5.32 Å². The lowest BCUT2D eigenvalue weighted by atomic mass is 10.1. The van der Waals surface area contributed by atoms with Crippen LogP contribution in [0.5, 0.6) is 0 Å². The molecule has 0 radical (unpaired) electrons. The molecule has 0 saturated heterocycles. The molecule has 0 fully saturated rings. The van der Waals surface area contributed by atoms with Gasteiger partial charge in [0.15, 0.2) is 0 Å². The fourth-order valence-corrected chi connectivity index (χ4v) is 4.38. The van der Waals surface area contributed by atoms with Crippen molar-refractivity contribution in [3.63, 3.8) is 0 Å². The Morgan fingerprint density at radius 1 is 1.03 bits per heavy atom. The number of benzene rings is 2. The van der Waals surface area contributed by atoms with Crippen LogP contribution in [-0.2, 0) is 14.8 Å². The Labute approximate surface area is 184 Å². The highest BCUT2D eigenvalue weighted by Crippen LogP contribution is 2.27. The standard InChI is InChI=1S/C23H31N3O4S/c1-15(2)14-24-23(28)19-9-7-8-10-20(19)25-22(27)18(5)26(31(6,29)30)21-13-16(3)11-12-17(21)4/h7-13,15,18H,14H2,1-6H3,(H,24,28)(H,25,27)/t18-/m0/s1. The summed E-state index contributed by atoms with van der Waals surface area (Å²) in [6, 6.07) is 11.1. The molecule has 2 N–H and O–H groups in total. The maximum atomic E-state index is 13.1. The number of carbonyl (C=O) groups excluding carboxylic acids is 2. The SMILES string of the molecule is Cc1ccc(C)c(N([C@@H](C)C(=O)Nc2ccccc2C(=O)NCC(C)C)S(C)(=O)=O)c1. The van der Waals surface area contributed by atoms with Crippen molar-refractivity contribution < 1.29 is 18.0 Å². The summed E-state index contributed by atoms with van der Waals surface area (Å²) >= 11 is 0. The lowest BCUT2D eigenvalue weighted by Gasteiger charge is -2.30. The lowest BCUT2D eigenvalue weighted by molar-refractivity contribution is -0.116. The molecule has 31 heavy (non-hydrogen) atoms. The molecular formula is C23H31N3O4S. The van der Waals surface area contributed by atoms with Crippen LogP contribution in [0.1, 0.15) is 42.3 Å². The van der Waals surface area contributed by atoms with Crippen LogP contribution in [0.25, 0.3) is 0 Å². The third-order valence-electron chi connectivity index (χ3n) is 4.79. The first-order valence-corrected chi connectivity index (χ1v) is 12.0. The molecule has 0 aromatic heterocycles. The van der Waals surface area contributed by atoms with Crippen molar-refractivity contribution in [3.05, 3.63) is 59.2 Å². The van der Waals surface area contributed by atoms with E-state index in [9.17, 15) is 18.0 Å². The van der Waals surface area contributed by atoms with E-state index < -0.39 is 22.0 Å². The summed E-state index contributed by atoms with van der Waals surface area (Å²) in [6.07, 6.45) is 1.08. The molecular weight excluding hydrogens is 414 g/mol. The Hall–Kier alpha value is -2.87. The molecule has 0 aliphatic carbocycles. The van der Waals surface area contributed by atoms with Crippen LogP contribution in [0.3, 0.4) is 0 Å². The summed E-state index contributed by atoms with van der Waals surface area (Å²) in [4.78, 5) is 25.6. The zero-order valence-corrected chi connectivity index (χ0v) is 19.7. The number of hydrogen-bond acceptors (Lipinski definition) is 4. The van der Waals surface area contributed by atoms with E-state index in [1.807, 2.05) is 32.9 Å². The molecule has 0 unspecified atom stereocenters. The van der Waals surface area contributed by atoms with Crippen molar-refractivity contribution in [3.8, 4) is 0 Å². The number of nitrogens with zero attached hydrogens (tertiary/aromatic N) is 1. The summed E-state index contributed by atoms with van der Waals surface area (Å²) in [5, 5.41) is 5.56. The summed E-state index contributed by atoms with van der Waals surface area (Å²) in [5.74, 6) is -0.547. The summed E-state index contributed by atoms with van der Waals surface area (Å²) < 4.78 is 26.3. The quantitative estimate of drug-likeness (QED) is 0.650. The van der Waals surface area contributed by atoms with Gasteiger partial charge in [-0.2, -0.15) is 0 Å². The van der Waals surface area contributed by atoms with Crippen LogP contribution >= 0.6 is 0 Å². The van der Waals surface area contributed by atoms with Crippen LogP contribution in [0.4, 0.5) is 11.4 Å². The average Bonchev–Trinajstić information content (AvgIpc) is 2.68. The monoisotopic (exact) mass is 445 g/mol. The number of nitrogens with one attached hydrogen (secondary N) is 2. The van der Waals surface area contributed by atoms with Crippen LogP contribution < -0.4 is 14.9 Å². The number of sulfonamides is 1. The Morgan fingerprint density at radius 3 is 2.29 bits per heavy atom. The van der Waals surface area contributed by atoms with Gasteiger partial charge in [-0.3, -0.25) is 13.9 Å². The molecule has 2 aromatic carbocycles. The number of carbonyl (C=O) groups is 2. The fraction of sp³-hybridized carbons (Fsp3) is 0.391. The molecule has 0 heterocycles. The van der Waals surface area contributed by atoms with E-state index >= 15 is 0 Å². The second kappa shape index (κ2) is 9.96. The van der Waals surface area contributed by atoms with E-state index in [1.165, 1.54) is 6.92 Å². The van der Waals surface area contributed by atoms with Gasteiger partial charge in [0, 0.05) is 6.54 Å². The summed E-state index contributed by atoms with van der Waals surface area (Å²) in [7, 11) is -3.75. The molecule has 2 amide bonds. The van der Waals surface area contributed by atoms with Gasteiger partial charge in [-0.1, -0.05) is 38.1 Å². The smallest absolute Gasteiger partial charge is 0.253 e. The minimum Gasteiger partial charge on any atom is -0.352 e. The Kier molecular flexibility index (Phi) is 7.84. The maximum Gasteiger partial charge on any atom is 0.253 e. The van der Waals surface area contributed by atoms with Gasteiger partial charge in [-0.05, 0) is 56.0 Å². The summed E-state index contributed by atoms with van der Waals surface area (Å²) in [6.45, 7) is 9.67. The van der Waals surface area contributed by atoms with Crippen molar-refractivity contribution >= 4 is 33.2 Å². The Bertz CT molecular complexity index is 1060.